The second-order valence-electron chi connectivity index (χ2n) is 3.24. The minimum Gasteiger partial charge on any atom is -0.487 e. The SMILES string of the molecule is Brc1cccc(COc2ccc(Br)nc2)c1. The Morgan fingerprint density at radius 1 is 1.12 bits per heavy atom. The number of rotatable bonds is 3. The van der Waals surface area contributed by atoms with Crippen LogP contribution in [0.4, 0.5) is 0 Å². The smallest absolute Gasteiger partial charge is 0.138 e. The van der Waals surface area contributed by atoms with Crippen LogP contribution in [0.1, 0.15) is 5.56 Å². The second kappa shape index (κ2) is 5.46. The summed E-state index contributed by atoms with van der Waals surface area (Å²) in [6, 6.07) is 11.8. The maximum Gasteiger partial charge on any atom is 0.138 e. The Morgan fingerprint density at radius 3 is 2.69 bits per heavy atom. The third kappa shape index (κ3) is 3.32. The van der Waals surface area contributed by atoms with Gasteiger partial charge in [-0.1, -0.05) is 28.1 Å². The van der Waals surface area contributed by atoms with E-state index in [0.717, 1.165) is 20.4 Å². The number of ether oxygens (including phenoxy) is 1. The highest BCUT2D eigenvalue weighted by Crippen LogP contribution is 2.16. The van der Waals surface area contributed by atoms with Crippen molar-refractivity contribution in [3.63, 3.8) is 0 Å². The lowest BCUT2D eigenvalue weighted by molar-refractivity contribution is 0.305. The van der Waals surface area contributed by atoms with Crippen LogP contribution in [-0.2, 0) is 6.61 Å². The number of nitrogens with zero attached hydrogens (tertiary/aromatic N) is 1. The first kappa shape index (κ1) is 11.6. The molecule has 0 atom stereocenters. The van der Waals surface area contributed by atoms with Gasteiger partial charge in [-0.05, 0) is 45.8 Å². The second-order valence-corrected chi connectivity index (χ2v) is 4.96. The molecule has 0 N–H and O–H groups in total. The van der Waals surface area contributed by atoms with Gasteiger partial charge < -0.3 is 4.74 Å². The van der Waals surface area contributed by atoms with Gasteiger partial charge in [0.05, 0.1) is 6.20 Å². The van der Waals surface area contributed by atoms with E-state index >= 15 is 0 Å². The molecular weight excluding hydrogens is 334 g/mol. The highest BCUT2D eigenvalue weighted by molar-refractivity contribution is 9.10. The third-order valence-corrected chi connectivity index (χ3v) is 2.96. The van der Waals surface area contributed by atoms with Gasteiger partial charge in [0.1, 0.15) is 17.0 Å². The van der Waals surface area contributed by atoms with Crippen LogP contribution in [0.3, 0.4) is 0 Å². The summed E-state index contributed by atoms with van der Waals surface area (Å²) in [5.74, 6) is 0.767. The maximum absolute atomic E-state index is 5.60. The molecule has 0 spiro atoms. The quantitative estimate of drug-likeness (QED) is 0.780. The van der Waals surface area contributed by atoms with Gasteiger partial charge >= 0.3 is 0 Å². The first-order valence-electron chi connectivity index (χ1n) is 4.73. The fourth-order valence-corrected chi connectivity index (χ4v) is 1.92. The van der Waals surface area contributed by atoms with Gasteiger partial charge in [-0.15, -0.1) is 0 Å². The number of hydrogen-bond donors (Lipinski definition) is 0. The molecule has 16 heavy (non-hydrogen) atoms. The monoisotopic (exact) mass is 341 g/mol. The summed E-state index contributed by atoms with van der Waals surface area (Å²) in [5.41, 5.74) is 1.12. The molecule has 1 aromatic heterocycles. The van der Waals surface area contributed by atoms with Crippen molar-refractivity contribution in [2.75, 3.05) is 0 Å². The number of halogens is 2. The van der Waals surface area contributed by atoms with Crippen molar-refractivity contribution in [1.29, 1.82) is 0 Å². The van der Waals surface area contributed by atoms with E-state index in [4.69, 9.17) is 4.74 Å². The van der Waals surface area contributed by atoms with Crippen molar-refractivity contribution in [2.24, 2.45) is 0 Å². The Bertz CT molecular complexity index is 471. The van der Waals surface area contributed by atoms with Crippen LogP contribution >= 0.6 is 31.9 Å². The van der Waals surface area contributed by atoms with Crippen molar-refractivity contribution in [2.45, 2.75) is 6.61 Å². The van der Waals surface area contributed by atoms with Crippen molar-refractivity contribution in [3.8, 4) is 5.75 Å². The zero-order chi connectivity index (χ0) is 11.4. The van der Waals surface area contributed by atoms with E-state index in [-0.39, 0.29) is 0 Å². The summed E-state index contributed by atoms with van der Waals surface area (Å²) in [6.07, 6.45) is 1.70. The summed E-state index contributed by atoms with van der Waals surface area (Å²) in [7, 11) is 0. The van der Waals surface area contributed by atoms with Gasteiger partial charge in [0.25, 0.3) is 0 Å². The van der Waals surface area contributed by atoms with E-state index in [9.17, 15) is 0 Å². The molecule has 82 valence electrons. The third-order valence-electron chi connectivity index (χ3n) is 1.99. The number of hydrogen-bond acceptors (Lipinski definition) is 2. The summed E-state index contributed by atoms with van der Waals surface area (Å²) < 4.78 is 7.46. The fourth-order valence-electron chi connectivity index (χ4n) is 1.24. The molecule has 1 aromatic carbocycles. The van der Waals surface area contributed by atoms with Gasteiger partial charge in [0, 0.05) is 4.47 Å². The molecule has 2 rings (SSSR count). The van der Waals surface area contributed by atoms with Crippen molar-refractivity contribution < 1.29 is 4.74 Å². The van der Waals surface area contributed by atoms with E-state index < -0.39 is 0 Å². The Labute approximate surface area is 111 Å². The van der Waals surface area contributed by atoms with Crippen LogP contribution in [0.2, 0.25) is 0 Å². The lowest BCUT2D eigenvalue weighted by atomic mass is 10.2. The summed E-state index contributed by atoms with van der Waals surface area (Å²) in [6.45, 7) is 0.544. The van der Waals surface area contributed by atoms with Gasteiger partial charge in [0.2, 0.25) is 0 Å². The Kier molecular flexibility index (Phi) is 3.96. The average molecular weight is 343 g/mol. The summed E-state index contributed by atoms with van der Waals surface area (Å²) in [4.78, 5) is 4.09. The lowest BCUT2D eigenvalue weighted by Crippen LogP contribution is -1.95. The predicted molar refractivity (Wildman–Crippen MR) is 70.4 cm³/mol. The van der Waals surface area contributed by atoms with Crippen LogP contribution in [-0.4, -0.2) is 4.98 Å². The van der Waals surface area contributed by atoms with E-state index in [1.807, 2.05) is 36.4 Å². The topological polar surface area (TPSA) is 22.1 Å². The largest absolute Gasteiger partial charge is 0.487 e. The number of benzene rings is 1. The normalized spacial score (nSPS) is 10.1. The molecule has 0 bridgehead atoms. The number of aromatic nitrogens is 1. The van der Waals surface area contributed by atoms with Crippen molar-refractivity contribution in [3.05, 3.63) is 57.2 Å². The standard InChI is InChI=1S/C12H9Br2NO/c13-10-3-1-2-9(6-10)8-16-11-4-5-12(14)15-7-11/h1-7H,8H2. The van der Waals surface area contributed by atoms with Crippen LogP contribution in [0.5, 0.6) is 5.75 Å². The summed E-state index contributed by atoms with van der Waals surface area (Å²) >= 11 is 6.70. The number of pyridine rings is 1. The Hall–Kier alpha value is -0.870. The first-order valence-corrected chi connectivity index (χ1v) is 6.31. The molecular formula is C12H9Br2NO. The van der Waals surface area contributed by atoms with Gasteiger partial charge in [-0.25, -0.2) is 4.98 Å². The highest BCUT2D eigenvalue weighted by Gasteiger charge is 1.97. The molecule has 0 aliphatic heterocycles. The zero-order valence-electron chi connectivity index (χ0n) is 8.36. The maximum atomic E-state index is 5.60. The molecule has 2 nitrogen and oxygen atoms in total. The van der Waals surface area contributed by atoms with Gasteiger partial charge in [-0.2, -0.15) is 0 Å². The van der Waals surface area contributed by atoms with E-state index in [2.05, 4.69) is 36.8 Å². The van der Waals surface area contributed by atoms with Crippen LogP contribution < -0.4 is 4.74 Å². The molecule has 0 radical (unpaired) electrons. The van der Waals surface area contributed by atoms with Crippen molar-refractivity contribution in [1.82, 2.24) is 4.98 Å². The average Bonchev–Trinajstić information content (AvgIpc) is 2.28. The molecule has 0 aliphatic carbocycles. The fraction of sp³-hybridized carbons (Fsp3) is 0.0833. The summed E-state index contributed by atoms with van der Waals surface area (Å²) in [5, 5.41) is 0. The van der Waals surface area contributed by atoms with E-state index in [1.54, 1.807) is 6.20 Å². The van der Waals surface area contributed by atoms with Crippen LogP contribution in [0, 0.1) is 0 Å². The molecule has 0 saturated carbocycles. The highest BCUT2D eigenvalue weighted by atomic mass is 79.9. The molecule has 0 unspecified atom stereocenters. The van der Waals surface area contributed by atoms with Gasteiger partial charge in [0.15, 0.2) is 0 Å². The Morgan fingerprint density at radius 2 is 2.00 bits per heavy atom. The lowest BCUT2D eigenvalue weighted by Gasteiger charge is -2.05. The minimum atomic E-state index is 0.544. The van der Waals surface area contributed by atoms with Gasteiger partial charge in [-0.3, -0.25) is 0 Å². The van der Waals surface area contributed by atoms with Crippen LogP contribution in [0.15, 0.2) is 51.7 Å². The molecule has 4 heteroatoms. The van der Waals surface area contributed by atoms with E-state index in [0.29, 0.717) is 6.61 Å². The Balaban J connectivity index is 1.99. The molecule has 0 fully saturated rings. The predicted octanol–water partition coefficient (Wildman–Crippen LogP) is 4.19. The molecule has 1 heterocycles. The molecule has 0 amide bonds. The molecule has 0 aliphatic rings. The zero-order valence-corrected chi connectivity index (χ0v) is 11.5. The van der Waals surface area contributed by atoms with Crippen LogP contribution in [0.25, 0.3) is 0 Å². The van der Waals surface area contributed by atoms with Crippen molar-refractivity contribution >= 4 is 31.9 Å². The van der Waals surface area contributed by atoms with E-state index in [1.165, 1.54) is 0 Å². The molecule has 0 saturated heterocycles. The minimum absolute atomic E-state index is 0.544. The first-order chi connectivity index (χ1) is 7.74. The molecule has 2 aromatic rings.